The third-order valence-corrected chi connectivity index (χ3v) is 6.47. The highest BCUT2D eigenvalue weighted by atomic mass is 32.2. The standard InChI is InChI=1S/C21H23N3O3S2/c1-13-5-4-6-19(14(13)2)22-20-23-24-21(29-20)28-12-17(26)11-27-18-9-7-16(8-10-18)15(3)25/h4-10,17,26H,11-12H2,1-3H3,(H,22,23). The van der Waals surface area contributed by atoms with Crippen LogP contribution < -0.4 is 10.1 Å². The number of nitrogens with zero attached hydrogens (tertiary/aromatic N) is 2. The van der Waals surface area contributed by atoms with E-state index in [0.717, 1.165) is 15.2 Å². The summed E-state index contributed by atoms with van der Waals surface area (Å²) in [6.07, 6.45) is -0.646. The van der Waals surface area contributed by atoms with Crippen molar-refractivity contribution in [2.75, 3.05) is 17.7 Å². The average Bonchev–Trinajstić information content (AvgIpc) is 3.16. The number of Topliss-reactive ketones (excluding diaryl/α,β-unsaturated/α-hetero) is 1. The minimum Gasteiger partial charge on any atom is -0.491 e. The molecule has 1 unspecified atom stereocenters. The molecule has 3 aromatic rings. The average molecular weight is 430 g/mol. The van der Waals surface area contributed by atoms with Gasteiger partial charge in [-0.2, -0.15) is 0 Å². The van der Waals surface area contributed by atoms with Crippen molar-refractivity contribution >= 4 is 39.7 Å². The molecule has 1 aromatic heterocycles. The van der Waals surface area contributed by atoms with Gasteiger partial charge in [0, 0.05) is 17.0 Å². The van der Waals surface area contributed by atoms with Crippen LogP contribution in [-0.2, 0) is 0 Å². The molecule has 152 valence electrons. The Bertz CT molecular complexity index is 974. The molecule has 0 aliphatic rings. The van der Waals surface area contributed by atoms with Crippen LogP contribution in [0.15, 0.2) is 46.8 Å². The number of aliphatic hydroxyl groups excluding tert-OH is 1. The minimum atomic E-state index is -0.646. The van der Waals surface area contributed by atoms with E-state index < -0.39 is 6.10 Å². The van der Waals surface area contributed by atoms with Crippen LogP contribution in [0.4, 0.5) is 10.8 Å². The first-order valence-corrected chi connectivity index (χ1v) is 10.9. The monoisotopic (exact) mass is 429 g/mol. The molecular formula is C21H23N3O3S2. The van der Waals surface area contributed by atoms with Gasteiger partial charge in [0.25, 0.3) is 0 Å². The number of aromatic nitrogens is 2. The van der Waals surface area contributed by atoms with Crippen molar-refractivity contribution in [3.05, 3.63) is 59.2 Å². The number of ether oxygens (including phenoxy) is 1. The summed E-state index contributed by atoms with van der Waals surface area (Å²) in [5.74, 6) is 1.08. The molecule has 2 aromatic carbocycles. The molecule has 0 radical (unpaired) electrons. The molecule has 0 spiro atoms. The molecule has 8 heteroatoms. The molecule has 0 aliphatic heterocycles. The summed E-state index contributed by atoms with van der Waals surface area (Å²) in [4.78, 5) is 11.3. The minimum absolute atomic E-state index is 0.0106. The fourth-order valence-corrected chi connectivity index (χ4v) is 4.21. The van der Waals surface area contributed by atoms with E-state index in [2.05, 4.69) is 35.4 Å². The van der Waals surface area contributed by atoms with Crippen LogP contribution in [0, 0.1) is 13.8 Å². The van der Waals surface area contributed by atoms with Crippen molar-refractivity contribution in [1.29, 1.82) is 0 Å². The van der Waals surface area contributed by atoms with E-state index in [0.29, 0.717) is 17.1 Å². The number of carbonyl (C=O) groups is 1. The first-order chi connectivity index (χ1) is 13.9. The van der Waals surface area contributed by atoms with Crippen LogP contribution in [0.2, 0.25) is 0 Å². The summed E-state index contributed by atoms with van der Waals surface area (Å²) in [6, 6.07) is 13.0. The molecular weight excluding hydrogens is 406 g/mol. The Morgan fingerprint density at radius 3 is 2.69 bits per heavy atom. The second kappa shape index (κ2) is 9.87. The molecule has 0 aliphatic carbocycles. The first-order valence-electron chi connectivity index (χ1n) is 9.14. The normalized spacial score (nSPS) is 11.9. The van der Waals surface area contributed by atoms with Gasteiger partial charge in [-0.25, -0.2) is 0 Å². The van der Waals surface area contributed by atoms with Crippen molar-refractivity contribution in [3.63, 3.8) is 0 Å². The number of carbonyl (C=O) groups excluding carboxylic acids is 1. The molecule has 0 amide bonds. The Hall–Kier alpha value is -2.42. The van der Waals surface area contributed by atoms with E-state index in [9.17, 15) is 9.90 Å². The van der Waals surface area contributed by atoms with Gasteiger partial charge in [-0.3, -0.25) is 4.79 Å². The number of aryl methyl sites for hydroxylation is 1. The largest absolute Gasteiger partial charge is 0.491 e. The van der Waals surface area contributed by atoms with Gasteiger partial charge >= 0.3 is 0 Å². The number of ketones is 1. The Labute approximate surface area is 178 Å². The van der Waals surface area contributed by atoms with Gasteiger partial charge in [-0.1, -0.05) is 35.2 Å². The van der Waals surface area contributed by atoms with E-state index in [1.165, 1.54) is 41.1 Å². The lowest BCUT2D eigenvalue weighted by Crippen LogP contribution is -2.20. The second-order valence-corrected chi connectivity index (χ2v) is 8.85. The number of hydrogen-bond acceptors (Lipinski definition) is 8. The summed E-state index contributed by atoms with van der Waals surface area (Å²) in [5, 5.41) is 22.5. The van der Waals surface area contributed by atoms with Gasteiger partial charge < -0.3 is 15.2 Å². The summed E-state index contributed by atoms with van der Waals surface area (Å²) in [5.41, 5.74) is 4.05. The summed E-state index contributed by atoms with van der Waals surface area (Å²) < 4.78 is 6.36. The highest BCUT2D eigenvalue weighted by Gasteiger charge is 2.11. The van der Waals surface area contributed by atoms with E-state index in [1.54, 1.807) is 24.3 Å². The predicted molar refractivity (Wildman–Crippen MR) is 118 cm³/mol. The van der Waals surface area contributed by atoms with Crippen LogP contribution in [-0.4, -0.2) is 39.6 Å². The highest BCUT2D eigenvalue weighted by Crippen LogP contribution is 2.29. The molecule has 29 heavy (non-hydrogen) atoms. The maximum Gasteiger partial charge on any atom is 0.210 e. The van der Waals surface area contributed by atoms with E-state index in [-0.39, 0.29) is 12.4 Å². The number of rotatable bonds is 9. The van der Waals surface area contributed by atoms with Gasteiger partial charge in [-0.15, -0.1) is 10.2 Å². The lowest BCUT2D eigenvalue weighted by Gasteiger charge is -2.11. The van der Waals surface area contributed by atoms with Gasteiger partial charge in [0.15, 0.2) is 10.1 Å². The van der Waals surface area contributed by atoms with Crippen molar-refractivity contribution in [2.24, 2.45) is 0 Å². The molecule has 2 N–H and O–H groups in total. The SMILES string of the molecule is CC(=O)c1ccc(OCC(O)CSc2nnc(Nc3cccc(C)c3C)s2)cc1. The van der Waals surface area contributed by atoms with Gasteiger partial charge in [0.2, 0.25) is 5.13 Å². The number of anilines is 2. The zero-order valence-corrected chi connectivity index (χ0v) is 18.1. The molecule has 0 bridgehead atoms. The summed E-state index contributed by atoms with van der Waals surface area (Å²) in [6.45, 7) is 5.83. The zero-order valence-electron chi connectivity index (χ0n) is 16.5. The molecule has 6 nitrogen and oxygen atoms in total. The van der Waals surface area contributed by atoms with Crippen LogP contribution in [0.3, 0.4) is 0 Å². The Morgan fingerprint density at radius 1 is 1.21 bits per heavy atom. The number of nitrogens with one attached hydrogen (secondary N) is 1. The number of benzene rings is 2. The van der Waals surface area contributed by atoms with Crippen LogP contribution in [0.1, 0.15) is 28.4 Å². The topological polar surface area (TPSA) is 84.3 Å². The smallest absolute Gasteiger partial charge is 0.210 e. The maximum atomic E-state index is 11.3. The van der Waals surface area contributed by atoms with E-state index >= 15 is 0 Å². The van der Waals surface area contributed by atoms with Gasteiger partial charge in [0.1, 0.15) is 12.4 Å². The van der Waals surface area contributed by atoms with Gasteiger partial charge in [-0.05, 0) is 62.2 Å². The molecule has 1 heterocycles. The number of hydrogen-bond donors (Lipinski definition) is 2. The Kier molecular flexibility index (Phi) is 7.24. The molecule has 3 rings (SSSR count). The predicted octanol–water partition coefficient (Wildman–Crippen LogP) is 4.63. The Balaban J connectivity index is 1.46. The van der Waals surface area contributed by atoms with E-state index in [4.69, 9.17) is 4.74 Å². The van der Waals surface area contributed by atoms with Crippen LogP contribution in [0.5, 0.6) is 5.75 Å². The van der Waals surface area contributed by atoms with E-state index in [1.807, 2.05) is 12.1 Å². The van der Waals surface area contributed by atoms with Crippen molar-refractivity contribution in [1.82, 2.24) is 10.2 Å². The molecule has 0 saturated heterocycles. The summed E-state index contributed by atoms with van der Waals surface area (Å²) >= 11 is 2.89. The molecule has 1 atom stereocenters. The molecule has 0 saturated carbocycles. The van der Waals surface area contributed by atoms with Crippen molar-refractivity contribution in [3.8, 4) is 5.75 Å². The fraction of sp³-hybridized carbons (Fsp3) is 0.286. The third kappa shape index (κ3) is 6.03. The maximum absolute atomic E-state index is 11.3. The van der Waals surface area contributed by atoms with Crippen molar-refractivity contribution in [2.45, 2.75) is 31.2 Å². The summed E-state index contributed by atoms with van der Waals surface area (Å²) in [7, 11) is 0. The zero-order chi connectivity index (χ0) is 20.8. The quantitative estimate of drug-likeness (QED) is 0.379. The Morgan fingerprint density at radius 2 is 1.97 bits per heavy atom. The van der Waals surface area contributed by atoms with Crippen molar-refractivity contribution < 1.29 is 14.6 Å². The second-order valence-electron chi connectivity index (χ2n) is 6.60. The lowest BCUT2D eigenvalue weighted by molar-refractivity contribution is 0.101. The first kappa shape index (κ1) is 21.3. The van der Waals surface area contributed by atoms with Gasteiger partial charge in [0.05, 0.1) is 6.10 Å². The highest BCUT2D eigenvalue weighted by molar-refractivity contribution is 8.01. The van der Waals surface area contributed by atoms with Crippen LogP contribution >= 0.6 is 23.1 Å². The number of thioether (sulfide) groups is 1. The number of aliphatic hydroxyl groups is 1. The fourth-order valence-electron chi connectivity index (χ4n) is 2.51. The third-order valence-electron chi connectivity index (χ3n) is 4.36. The van der Waals surface area contributed by atoms with Crippen LogP contribution in [0.25, 0.3) is 0 Å². The lowest BCUT2D eigenvalue weighted by atomic mass is 10.1. The molecule has 0 fully saturated rings.